The first kappa shape index (κ1) is 16.8. The molecular formula is C19H27N3O2. The van der Waals surface area contributed by atoms with Crippen LogP contribution in [0.25, 0.3) is 11.0 Å². The number of hydrogen-bond acceptors (Lipinski definition) is 3. The zero-order valence-corrected chi connectivity index (χ0v) is 14.8. The summed E-state index contributed by atoms with van der Waals surface area (Å²) in [5.41, 5.74) is 2.11. The van der Waals surface area contributed by atoms with Crippen LogP contribution in [0.2, 0.25) is 0 Å². The molecule has 1 aromatic carbocycles. The Bertz CT molecular complexity index is 702. The van der Waals surface area contributed by atoms with Crippen molar-refractivity contribution >= 4 is 16.9 Å². The molecule has 1 fully saturated rings. The normalized spacial score (nSPS) is 18.3. The molecule has 1 atom stereocenters. The van der Waals surface area contributed by atoms with Crippen molar-refractivity contribution in [1.82, 2.24) is 10.2 Å². The molecule has 1 aliphatic heterocycles. The van der Waals surface area contributed by atoms with Crippen LogP contribution in [0.15, 0.2) is 33.7 Å². The van der Waals surface area contributed by atoms with Gasteiger partial charge in [-0.1, -0.05) is 18.2 Å². The molecule has 1 unspecified atom stereocenters. The zero-order chi connectivity index (χ0) is 16.9. The summed E-state index contributed by atoms with van der Waals surface area (Å²) in [6.07, 6.45) is 1.13. The first-order chi connectivity index (χ1) is 11.7. The third-order valence-electron chi connectivity index (χ3n) is 4.57. The Morgan fingerprint density at radius 2 is 2.21 bits per heavy atom. The highest BCUT2D eigenvalue weighted by molar-refractivity contribution is 5.82. The van der Waals surface area contributed by atoms with Gasteiger partial charge in [-0.2, -0.15) is 0 Å². The molecule has 1 saturated heterocycles. The molecule has 0 aliphatic carbocycles. The number of ether oxygens (including phenoxy) is 1. The second-order valence-electron chi connectivity index (χ2n) is 6.43. The average molecular weight is 329 g/mol. The van der Waals surface area contributed by atoms with Gasteiger partial charge < -0.3 is 19.4 Å². The number of guanidine groups is 1. The van der Waals surface area contributed by atoms with Gasteiger partial charge in [-0.05, 0) is 26.3 Å². The summed E-state index contributed by atoms with van der Waals surface area (Å²) in [5, 5.41) is 4.54. The van der Waals surface area contributed by atoms with E-state index in [-0.39, 0.29) is 0 Å². The lowest BCUT2D eigenvalue weighted by Gasteiger charge is -2.24. The molecule has 0 spiro atoms. The molecule has 24 heavy (non-hydrogen) atoms. The van der Waals surface area contributed by atoms with Crippen LogP contribution in [0.1, 0.15) is 24.7 Å². The summed E-state index contributed by atoms with van der Waals surface area (Å²) in [7, 11) is 2.09. The number of hydrogen-bond donors (Lipinski definition) is 1. The molecule has 0 bridgehead atoms. The van der Waals surface area contributed by atoms with Crippen molar-refractivity contribution in [3.05, 3.63) is 35.6 Å². The lowest BCUT2D eigenvalue weighted by Crippen LogP contribution is -2.41. The summed E-state index contributed by atoms with van der Waals surface area (Å²) in [4.78, 5) is 6.97. The second kappa shape index (κ2) is 7.71. The quantitative estimate of drug-likeness (QED) is 0.676. The van der Waals surface area contributed by atoms with E-state index in [0.29, 0.717) is 12.5 Å². The molecule has 5 nitrogen and oxygen atoms in total. The predicted molar refractivity (Wildman–Crippen MR) is 97.3 cm³/mol. The fourth-order valence-corrected chi connectivity index (χ4v) is 3.19. The molecule has 130 valence electrons. The number of aliphatic imine (C=N–C) groups is 1. The third-order valence-corrected chi connectivity index (χ3v) is 4.57. The highest BCUT2D eigenvalue weighted by Gasteiger charge is 2.19. The number of para-hydroxylation sites is 1. The predicted octanol–water partition coefficient (Wildman–Crippen LogP) is 3.18. The maximum Gasteiger partial charge on any atom is 0.194 e. The number of benzene rings is 1. The molecule has 1 aromatic heterocycles. The van der Waals surface area contributed by atoms with Gasteiger partial charge in [0.2, 0.25) is 0 Å². The summed E-state index contributed by atoms with van der Waals surface area (Å²) in [5.74, 6) is 2.44. The second-order valence-corrected chi connectivity index (χ2v) is 6.43. The van der Waals surface area contributed by atoms with Crippen molar-refractivity contribution in [3.8, 4) is 0 Å². The topological polar surface area (TPSA) is 50.0 Å². The van der Waals surface area contributed by atoms with Crippen molar-refractivity contribution in [1.29, 1.82) is 0 Å². The van der Waals surface area contributed by atoms with Crippen LogP contribution < -0.4 is 5.32 Å². The van der Waals surface area contributed by atoms with Gasteiger partial charge in [-0.25, -0.2) is 4.99 Å². The molecule has 0 saturated carbocycles. The van der Waals surface area contributed by atoms with Gasteiger partial charge in [0, 0.05) is 43.6 Å². The highest BCUT2D eigenvalue weighted by Crippen LogP contribution is 2.25. The van der Waals surface area contributed by atoms with E-state index < -0.39 is 0 Å². The fraction of sp³-hybridized carbons (Fsp3) is 0.526. The lowest BCUT2D eigenvalue weighted by molar-refractivity contribution is 0.181. The maximum atomic E-state index is 5.97. The standard InChI is InChI=1S/C19H27N3O2/c1-4-20-19(22(3)12-15-9-10-23-13-15)21-11-18-14(2)16-7-5-6-8-17(16)24-18/h5-8,15H,4,9-13H2,1-3H3,(H,20,21). The van der Waals surface area contributed by atoms with Crippen LogP contribution in [-0.2, 0) is 11.3 Å². The number of nitrogens with zero attached hydrogens (tertiary/aromatic N) is 2. The number of fused-ring (bicyclic) bond motifs is 1. The van der Waals surface area contributed by atoms with Crippen molar-refractivity contribution in [2.45, 2.75) is 26.8 Å². The first-order valence-electron chi connectivity index (χ1n) is 8.73. The Labute approximate surface area is 143 Å². The van der Waals surface area contributed by atoms with E-state index in [1.54, 1.807) is 0 Å². The van der Waals surface area contributed by atoms with Crippen LogP contribution in [-0.4, -0.2) is 44.2 Å². The van der Waals surface area contributed by atoms with Crippen molar-refractivity contribution in [2.75, 3.05) is 33.4 Å². The van der Waals surface area contributed by atoms with Gasteiger partial charge in [0.1, 0.15) is 17.9 Å². The van der Waals surface area contributed by atoms with Crippen molar-refractivity contribution in [2.24, 2.45) is 10.9 Å². The van der Waals surface area contributed by atoms with E-state index in [4.69, 9.17) is 14.1 Å². The van der Waals surface area contributed by atoms with Gasteiger partial charge in [-0.15, -0.1) is 0 Å². The average Bonchev–Trinajstić information content (AvgIpc) is 3.20. The van der Waals surface area contributed by atoms with E-state index in [2.05, 4.69) is 37.2 Å². The summed E-state index contributed by atoms with van der Waals surface area (Å²) >= 11 is 0. The minimum Gasteiger partial charge on any atom is -0.459 e. The Balaban J connectivity index is 1.73. The van der Waals surface area contributed by atoms with E-state index in [1.807, 2.05) is 18.2 Å². The Kier molecular flexibility index (Phi) is 5.41. The molecule has 2 aromatic rings. The number of nitrogens with one attached hydrogen (secondary N) is 1. The van der Waals surface area contributed by atoms with Crippen LogP contribution >= 0.6 is 0 Å². The molecule has 0 amide bonds. The molecule has 0 radical (unpaired) electrons. The van der Waals surface area contributed by atoms with Crippen molar-refractivity contribution in [3.63, 3.8) is 0 Å². The SMILES string of the molecule is CCNC(=NCc1oc2ccccc2c1C)N(C)CC1CCOC1. The molecule has 1 N–H and O–H groups in total. The largest absolute Gasteiger partial charge is 0.459 e. The zero-order valence-electron chi connectivity index (χ0n) is 14.8. The van der Waals surface area contributed by atoms with Gasteiger partial charge in [0.05, 0.1) is 6.61 Å². The monoisotopic (exact) mass is 329 g/mol. The number of aryl methyl sites for hydroxylation is 1. The van der Waals surface area contributed by atoms with E-state index in [0.717, 1.165) is 50.0 Å². The molecule has 5 heteroatoms. The number of furan rings is 1. The van der Waals surface area contributed by atoms with Crippen LogP contribution in [0.3, 0.4) is 0 Å². The minimum absolute atomic E-state index is 0.550. The van der Waals surface area contributed by atoms with Gasteiger partial charge in [0.15, 0.2) is 5.96 Å². The Hall–Kier alpha value is -2.01. The van der Waals surface area contributed by atoms with Crippen LogP contribution in [0.5, 0.6) is 0 Å². The highest BCUT2D eigenvalue weighted by atomic mass is 16.5. The van der Waals surface area contributed by atoms with Gasteiger partial charge in [0.25, 0.3) is 0 Å². The molecule has 3 rings (SSSR count). The van der Waals surface area contributed by atoms with Gasteiger partial charge in [-0.3, -0.25) is 0 Å². The van der Waals surface area contributed by atoms with Crippen LogP contribution in [0.4, 0.5) is 0 Å². The van der Waals surface area contributed by atoms with Crippen molar-refractivity contribution < 1.29 is 9.15 Å². The Morgan fingerprint density at radius 3 is 2.92 bits per heavy atom. The molecule has 1 aliphatic rings. The Morgan fingerprint density at radius 1 is 1.38 bits per heavy atom. The third kappa shape index (κ3) is 3.73. The summed E-state index contributed by atoms with van der Waals surface area (Å²) in [6.45, 7) is 8.29. The molecule has 2 heterocycles. The van der Waals surface area contributed by atoms with Gasteiger partial charge >= 0.3 is 0 Å². The lowest BCUT2D eigenvalue weighted by atomic mass is 10.1. The van der Waals surface area contributed by atoms with Crippen LogP contribution in [0, 0.1) is 12.8 Å². The van der Waals surface area contributed by atoms with E-state index in [1.165, 1.54) is 10.9 Å². The van der Waals surface area contributed by atoms with E-state index >= 15 is 0 Å². The molecular weight excluding hydrogens is 302 g/mol. The van der Waals surface area contributed by atoms with E-state index in [9.17, 15) is 0 Å². The maximum absolute atomic E-state index is 5.97. The number of rotatable bonds is 5. The fourth-order valence-electron chi connectivity index (χ4n) is 3.19. The first-order valence-corrected chi connectivity index (χ1v) is 8.73. The summed E-state index contributed by atoms with van der Waals surface area (Å²) in [6, 6.07) is 8.14. The minimum atomic E-state index is 0.550. The summed E-state index contributed by atoms with van der Waals surface area (Å²) < 4.78 is 11.4. The smallest absolute Gasteiger partial charge is 0.194 e.